The normalized spacial score (nSPS) is 16.7. The zero-order chi connectivity index (χ0) is 20.4. The highest BCUT2D eigenvalue weighted by molar-refractivity contribution is 7.92. The van der Waals surface area contributed by atoms with Crippen LogP contribution in [0.3, 0.4) is 0 Å². The van der Waals surface area contributed by atoms with Crippen molar-refractivity contribution < 1.29 is 22.7 Å². The van der Waals surface area contributed by atoms with Gasteiger partial charge in [-0.1, -0.05) is 6.07 Å². The second-order valence-corrected chi connectivity index (χ2v) is 9.06. The van der Waals surface area contributed by atoms with Crippen LogP contribution in [0.15, 0.2) is 18.2 Å². The summed E-state index contributed by atoms with van der Waals surface area (Å²) in [7, 11) is -2.29. The number of ether oxygens (including phenoxy) is 1. The first kappa shape index (κ1) is 21.2. The van der Waals surface area contributed by atoms with Gasteiger partial charge in [0.15, 0.2) is 0 Å². The number of esters is 1. The molecule has 0 N–H and O–H groups in total. The molecule has 27 heavy (non-hydrogen) atoms. The van der Waals surface area contributed by atoms with Gasteiger partial charge in [-0.05, 0) is 56.9 Å². The maximum Gasteiger partial charge on any atom is 0.308 e. The summed E-state index contributed by atoms with van der Waals surface area (Å²) in [6.45, 7) is 6.20. The van der Waals surface area contributed by atoms with Crippen LogP contribution < -0.4 is 4.31 Å². The van der Waals surface area contributed by atoms with Crippen LogP contribution >= 0.6 is 0 Å². The molecule has 0 unspecified atom stereocenters. The van der Waals surface area contributed by atoms with Crippen molar-refractivity contribution >= 4 is 27.6 Å². The Hall–Kier alpha value is -2.09. The number of benzene rings is 1. The molecule has 8 heteroatoms. The lowest BCUT2D eigenvalue weighted by Gasteiger charge is -2.36. The molecule has 0 spiro atoms. The number of likely N-dealkylation sites (tertiary alicyclic amines) is 1. The summed E-state index contributed by atoms with van der Waals surface area (Å²) in [5.41, 5.74) is 2.34. The van der Waals surface area contributed by atoms with Crippen LogP contribution in [-0.2, 0) is 24.3 Å². The molecule has 0 saturated carbocycles. The molecule has 150 valence electrons. The monoisotopic (exact) mass is 396 g/mol. The lowest BCUT2D eigenvalue weighted by molar-refractivity contribution is -0.149. The van der Waals surface area contributed by atoms with E-state index >= 15 is 0 Å². The van der Waals surface area contributed by atoms with Crippen molar-refractivity contribution in [3.8, 4) is 0 Å². The number of sulfonamides is 1. The van der Waals surface area contributed by atoms with Crippen molar-refractivity contribution in [3.05, 3.63) is 29.3 Å². The van der Waals surface area contributed by atoms with E-state index in [2.05, 4.69) is 0 Å². The molecule has 1 heterocycles. The predicted molar refractivity (Wildman–Crippen MR) is 104 cm³/mol. The Kier molecular flexibility index (Phi) is 6.51. The molecule has 1 atom stereocenters. The third-order valence-electron chi connectivity index (χ3n) is 4.87. The van der Waals surface area contributed by atoms with E-state index in [9.17, 15) is 18.0 Å². The summed E-state index contributed by atoms with van der Waals surface area (Å²) in [6, 6.07) is 4.62. The molecular weight excluding hydrogens is 368 g/mol. The molecule has 2 rings (SSSR count). The molecule has 1 fully saturated rings. The van der Waals surface area contributed by atoms with E-state index in [1.807, 2.05) is 19.9 Å². The first-order valence-corrected chi connectivity index (χ1v) is 10.8. The number of aryl methyl sites for hydroxylation is 2. The summed E-state index contributed by atoms with van der Waals surface area (Å²) in [4.78, 5) is 26.3. The van der Waals surface area contributed by atoms with Crippen molar-refractivity contribution in [3.63, 3.8) is 0 Å². The molecule has 0 aromatic heterocycles. The molecule has 1 aromatic carbocycles. The molecule has 1 aromatic rings. The van der Waals surface area contributed by atoms with Gasteiger partial charge >= 0.3 is 5.97 Å². The third-order valence-corrected chi connectivity index (χ3v) is 6.11. The Morgan fingerprint density at radius 3 is 2.11 bits per heavy atom. The van der Waals surface area contributed by atoms with Crippen LogP contribution in [0.4, 0.5) is 5.69 Å². The standard InChI is InChI=1S/C19H28N2O5S/c1-13-10-14(2)12-17(11-13)21(27(5,24)25)15(3)18(22)20-8-6-16(7-9-20)19(23)26-4/h10-12,15-16H,6-9H2,1-5H3/t15-/m1/s1. The van der Waals surface area contributed by atoms with Crippen LogP contribution in [-0.4, -0.2) is 57.7 Å². The largest absolute Gasteiger partial charge is 0.469 e. The highest BCUT2D eigenvalue weighted by Gasteiger charge is 2.35. The van der Waals surface area contributed by atoms with Crippen LogP contribution in [0.25, 0.3) is 0 Å². The van der Waals surface area contributed by atoms with E-state index in [1.165, 1.54) is 11.4 Å². The Morgan fingerprint density at radius 2 is 1.67 bits per heavy atom. The van der Waals surface area contributed by atoms with Gasteiger partial charge in [-0.3, -0.25) is 13.9 Å². The van der Waals surface area contributed by atoms with Crippen LogP contribution in [0.5, 0.6) is 0 Å². The van der Waals surface area contributed by atoms with Crippen LogP contribution in [0.1, 0.15) is 30.9 Å². The molecule has 1 amide bonds. The average molecular weight is 397 g/mol. The molecular formula is C19H28N2O5S. The molecule has 1 aliphatic heterocycles. The van der Waals surface area contributed by atoms with E-state index in [4.69, 9.17) is 4.74 Å². The number of hydrogen-bond donors (Lipinski definition) is 0. The Morgan fingerprint density at radius 1 is 1.15 bits per heavy atom. The zero-order valence-corrected chi connectivity index (χ0v) is 17.4. The number of nitrogens with zero attached hydrogens (tertiary/aromatic N) is 2. The molecule has 1 aliphatic rings. The minimum atomic E-state index is -3.65. The minimum Gasteiger partial charge on any atom is -0.469 e. The number of carbonyl (C=O) groups is 2. The predicted octanol–water partition coefficient (Wildman–Crippen LogP) is 1.87. The van der Waals surface area contributed by atoms with Crippen molar-refractivity contribution in [2.24, 2.45) is 5.92 Å². The first-order valence-electron chi connectivity index (χ1n) is 8.99. The fraction of sp³-hybridized carbons (Fsp3) is 0.579. The Labute approximate surface area is 161 Å². The number of anilines is 1. The van der Waals surface area contributed by atoms with Gasteiger partial charge in [0.2, 0.25) is 15.9 Å². The maximum absolute atomic E-state index is 13.0. The quantitative estimate of drug-likeness (QED) is 0.710. The number of hydrogen-bond acceptors (Lipinski definition) is 5. The summed E-state index contributed by atoms with van der Waals surface area (Å²) in [5.74, 6) is -0.731. The van der Waals surface area contributed by atoms with E-state index in [-0.39, 0.29) is 17.8 Å². The topological polar surface area (TPSA) is 84.0 Å². The summed E-state index contributed by atoms with van der Waals surface area (Å²) in [6.07, 6.45) is 2.15. The van der Waals surface area contributed by atoms with Crippen molar-refractivity contribution in [2.45, 2.75) is 39.7 Å². The van der Waals surface area contributed by atoms with Crippen LogP contribution in [0, 0.1) is 19.8 Å². The van der Waals surface area contributed by atoms with E-state index in [0.717, 1.165) is 17.4 Å². The number of piperidine rings is 1. The highest BCUT2D eigenvalue weighted by atomic mass is 32.2. The summed E-state index contributed by atoms with van der Waals surface area (Å²) in [5, 5.41) is 0. The van der Waals surface area contributed by atoms with Gasteiger partial charge in [-0.15, -0.1) is 0 Å². The second-order valence-electron chi connectivity index (χ2n) is 7.20. The molecule has 1 saturated heterocycles. The van der Waals surface area contributed by atoms with Crippen LogP contribution in [0.2, 0.25) is 0 Å². The van der Waals surface area contributed by atoms with Gasteiger partial charge in [0.25, 0.3) is 0 Å². The number of carbonyl (C=O) groups excluding carboxylic acids is 2. The number of rotatable bonds is 5. The zero-order valence-electron chi connectivity index (χ0n) is 16.6. The van der Waals surface area contributed by atoms with E-state index < -0.39 is 16.1 Å². The van der Waals surface area contributed by atoms with Gasteiger partial charge in [0.05, 0.1) is 25.0 Å². The molecule has 7 nitrogen and oxygen atoms in total. The van der Waals surface area contributed by atoms with E-state index in [0.29, 0.717) is 31.6 Å². The SMILES string of the molecule is COC(=O)C1CCN(C(=O)[C@@H](C)N(c2cc(C)cc(C)c2)S(C)(=O)=O)CC1. The summed E-state index contributed by atoms with van der Waals surface area (Å²) < 4.78 is 30.9. The fourth-order valence-corrected chi connectivity index (χ4v) is 4.80. The molecule has 0 aliphatic carbocycles. The smallest absolute Gasteiger partial charge is 0.308 e. The third kappa shape index (κ3) is 5.00. The number of methoxy groups -OCH3 is 1. The van der Waals surface area contributed by atoms with Gasteiger partial charge in [-0.2, -0.15) is 0 Å². The minimum absolute atomic E-state index is 0.209. The summed E-state index contributed by atoms with van der Waals surface area (Å²) >= 11 is 0. The Bertz CT molecular complexity index is 793. The molecule has 0 radical (unpaired) electrons. The highest BCUT2D eigenvalue weighted by Crippen LogP contribution is 2.26. The Balaban J connectivity index is 2.22. The number of amides is 1. The fourth-order valence-electron chi connectivity index (χ4n) is 3.65. The van der Waals surface area contributed by atoms with Gasteiger partial charge in [-0.25, -0.2) is 8.42 Å². The lowest BCUT2D eigenvalue weighted by atomic mass is 9.96. The van der Waals surface area contributed by atoms with Crippen molar-refractivity contribution in [1.82, 2.24) is 4.90 Å². The van der Waals surface area contributed by atoms with Crippen molar-refractivity contribution in [1.29, 1.82) is 0 Å². The van der Waals surface area contributed by atoms with Gasteiger partial charge in [0, 0.05) is 13.1 Å². The van der Waals surface area contributed by atoms with E-state index in [1.54, 1.807) is 24.0 Å². The van der Waals surface area contributed by atoms with Crippen molar-refractivity contribution in [2.75, 3.05) is 30.8 Å². The van der Waals surface area contributed by atoms with Gasteiger partial charge < -0.3 is 9.64 Å². The molecule has 0 bridgehead atoms. The lowest BCUT2D eigenvalue weighted by Crippen LogP contribution is -2.51. The average Bonchev–Trinajstić information content (AvgIpc) is 2.58. The van der Waals surface area contributed by atoms with Gasteiger partial charge in [0.1, 0.15) is 6.04 Å². The second kappa shape index (κ2) is 8.29. The first-order chi connectivity index (χ1) is 12.5. The maximum atomic E-state index is 13.0.